The fraction of sp³-hybridized carbons (Fsp3) is 0.140. The molecule has 4 aliphatic rings. The maximum absolute atomic E-state index is 14.0. The average molecular weight is 777 g/mol. The minimum absolute atomic E-state index is 0.152. The van der Waals surface area contributed by atoms with Crippen molar-refractivity contribution < 1.29 is 24.2 Å². The number of benzene rings is 6. The van der Waals surface area contributed by atoms with E-state index in [0.717, 1.165) is 106 Å². The zero-order valence-corrected chi connectivity index (χ0v) is 32.2. The number of carbonyl (C=O) groups is 3. The molecule has 7 heteroatoms. The van der Waals surface area contributed by atoms with Gasteiger partial charge in [-0.3, -0.25) is 14.4 Å². The van der Waals surface area contributed by atoms with Crippen LogP contribution >= 0.6 is 22.7 Å². The highest BCUT2D eigenvalue weighted by Crippen LogP contribution is 2.57. The molecule has 274 valence electrons. The van der Waals surface area contributed by atoms with Crippen LogP contribution in [-0.4, -0.2) is 22.5 Å². The van der Waals surface area contributed by atoms with Crippen molar-refractivity contribution in [3.05, 3.63) is 158 Å². The van der Waals surface area contributed by atoms with E-state index in [9.17, 15) is 19.5 Å². The Morgan fingerprint density at radius 1 is 0.561 bits per heavy atom. The Balaban J connectivity index is 0.922. The fourth-order valence-corrected chi connectivity index (χ4v) is 12.0. The molecule has 6 aromatic carbocycles. The lowest BCUT2D eigenvalue weighted by Gasteiger charge is -2.40. The molecule has 1 N–H and O–H groups in total. The Morgan fingerprint density at radius 3 is 1.68 bits per heavy atom. The Bertz CT molecular complexity index is 3150. The van der Waals surface area contributed by atoms with E-state index >= 15 is 0 Å². The molecular weight excluding hydrogens is 745 g/mol. The van der Waals surface area contributed by atoms with Crippen LogP contribution in [0.4, 0.5) is 0 Å². The molecule has 1 aliphatic heterocycles. The Labute approximate surface area is 335 Å². The molecule has 1 fully saturated rings. The lowest BCUT2D eigenvalue weighted by Crippen LogP contribution is -2.37. The number of ether oxygens (including phenoxy) is 1. The van der Waals surface area contributed by atoms with Crippen molar-refractivity contribution in [3.8, 4) is 15.5 Å². The fourth-order valence-electron chi connectivity index (χ4n) is 9.66. The van der Waals surface area contributed by atoms with Crippen LogP contribution < -0.4 is 4.74 Å². The largest absolute Gasteiger partial charge is 0.481 e. The molecule has 3 aliphatic carbocycles. The third-order valence-electron chi connectivity index (χ3n) is 12.5. The van der Waals surface area contributed by atoms with Crippen molar-refractivity contribution in [1.82, 2.24) is 0 Å². The molecular formula is C50H32O5S2. The van der Waals surface area contributed by atoms with E-state index in [1.165, 1.54) is 11.3 Å². The summed E-state index contributed by atoms with van der Waals surface area (Å²) in [5, 5.41) is 19.8. The van der Waals surface area contributed by atoms with Crippen molar-refractivity contribution in [3.63, 3.8) is 0 Å². The first-order valence-electron chi connectivity index (χ1n) is 19.5. The number of carbonyl (C=O) groups excluding carboxylic acids is 3. The van der Waals surface area contributed by atoms with Gasteiger partial charge in [0.15, 0.2) is 17.3 Å². The lowest BCUT2D eigenvalue weighted by atomic mass is 9.78. The zero-order valence-electron chi connectivity index (χ0n) is 30.6. The number of rotatable bonds is 2. The predicted octanol–water partition coefficient (Wildman–Crippen LogP) is 12.4. The summed E-state index contributed by atoms with van der Waals surface area (Å²) in [5.41, 5.74) is 3.22. The Kier molecular flexibility index (Phi) is 6.99. The van der Waals surface area contributed by atoms with Crippen molar-refractivity contribution in [2.75, 3.05) is 0 Å². The van der Waals surface area contributed by atoms with Gasteiger partial charge in [0.1, 0.15) is 17.5 Å². The van der Waals surface area contributed by atoms with Gasteiger partial charge in [0.2, 0.25) is 0 Å². The number of aliphatic hydroxyl groups excluding tert-OH is 1. The molecule has 1 unspecified atom stereocenters. The van der Waals surface area contributed by atoms with Crippen molar-refractivity contribution >= 4 is 95.3 Å². The molecule has 1 saturated carbocycles. The summed E-state index contributed by atoms with van der Waals surface area (Å²) in [5.74, 6) is 0.0995. The summed E-state index contributed by atoms with van der Waals surface area (Å²) in [4.78, 5) is 45.4. The van der Waals surface area contributed by atoms with Crippen molar-refractivity contribution in [2.45, 2.75) is 43.8 Å². The van der Waals surface area contributed by atoms with Crippen LogP contribution in [0.5, 0.6) is 5.75 Å². The molecule has 0 amide bonds. The molecule has 0 saturated heterocycles. The molecule has 0 radical (unpaired) electrons. The first-order chi connectivity index (χ1) is 27.8. The highest BCUT2D eigenvalue weighted by molar-refractivity contribution is 7.23. The SMILES string of the molecule is O=C1C(=Cc2cc3c(s2)-c2sc(/C=C4/C(=O)c5cc6cc7ccccc7cc6cc5C4O)cc2C2(CCCCC2)O3)C(=O)c2cc3cc4ccccc4cc3cc21. The van der Waals surface area contributed by atoms with E-state index in [2.05, 4.69) is 54.6 Å². The molecule has 1 atom stereocenters. The summed E-state index contributed by atoms with van der Waals surface area (Å²) < 4.78 is 6.97. The number of aliphatic hydroxyl groups is 1. The quantitative estimate of drug-likeness (QED) is 0.107. The minimum Gasteiger partial charge on any atom is -0.481 e. The Hall–Kier alpha value is -5.99. The highest BCUT2D eigenvalue weighted by Gasteiger charge is 2.44. The molecule has 0 bridgehead atoms. The van der Waals surface area contributed by atoms with Gasteiger partial charge in [-0.15, -0.1) is 22.7 Å². The number of hydrogen-bond acceptors (Lipinski definition) is 7. The standard InChI is InChI=1S/C50H32O5S2/c51-44-36-18-30-14-26-8-2-3-9-27(26)15-31(30)19-37(36)45(52)40(44)22-34-24-42-48(56-34)49-43(55-50(42)12-6-1-7-13-50)25-35(57-49)23-41-46(53)38-20-32-16-28-10-4-5-11-29(28)17-33(32)21-39(38)47(41)54/h2-5,8-11,14-25,44,51H,1,6-7,12-13H2/b40-22+. The molecule has 1 spiro atoms. The molecule has 12 rings (SSSR count). The maximum atomic E-state index is 14.0. The van der Waals surface area contributed by atoms with E-state index in [-0.39, 0.29) is 22.9 Å². The second kappa shape index (κ2) is 12.0. The number of ketones is 3. The smallest absolute Gasteiger partial charge is 0.197 e. The molecule has 8 aromatic rings. The average Bonchev–Trinajstić information content (AvgIpc) is 3.96. The number of hydrogen-bond donors (Lipinski definition) is 1. The van der Waals surface area contributed by atoms with E-state index in [0.29, 0.717) is 27.8 Å². The normalized spacial score (nSPS) is 18.8. The van der Waals surface area contributed by atoms with Gasteiger partial charge in [0, 0.05) is 37.6 Å². The zero-order chi connectivity index (χ0) is 38.2. The van der Waals surface area contributed by atoms with Gasteiger partial charge in [-0.25, -0.2) is 0 Å². The summed E-state index contributed by atoms with van der Waals surface area (Å²) in [6.45, 7) is 0. The van der Waals surface area contributed by atoms with Gasteiger partial charge in [-0.1, -0.05) is 55.0 Å². The van der Waals surface area contributed by atoms with Crippen molar-refractivity contribution in [2.24, 2.45) is 0 Å². The van der Waals surface area contributed by atoms with Gasteiger partial charge < -0.3 is 9.84 Å². The van der Waals surface area contributed by atoms with Gasteiger partial charge in [0.05, 0.1) is 15.3 Å². The lowest BCUT2D eigenvalue weighted by molar-refractivity contribution is 0.0250. The van der Waals surface area contributed by atoms with Crippen LogP contribution in [-0.2, 0) is 5.60 Å². The third kappa shape index (κ3) is 4.92. The third-order valence-corrected chi connectivity index (χ3v) is 14.8. The molecule has 3 heterocycles. The van der Waals surface area contributed by atoms with Gasteiger partial charge in [0.25, 0.3) is 0 Å². The summed E-state index contributed by atoms with van der Waals surface area (Å²) in [6.07, 6.45) is 7.56. The van der Waals surface area contributed by atoms with Crippen LogP contribution in [0.1, 0.15) is 90.2 Å². The first-order valence-corrected chi connectivity index (χ1v) is 21.1. The van der Waals surface area contributed by atoms with E-state index in [4.69, 9.17) is 4.74 Å². The first kappa shape index (κ1) is 33.2. The number of thiophene rings is 2. The van der Waals surface area contributed by atoms with Crippen molar-refractivity contribution in [1.29, 1.82) is 0 Å². The summed E-state index contributed by atoms with van der Waals surface area (Å²) >= 11 is 3.12. The second-order valence-electron chi connectivity index (χ2n) is 15.9. The highest BCUT2D eigenvalue weighted by atomic mass is 32.1. The number of Topliss-reactive ketones (excluding diaryl/α,β-unsaturated/α-hetero) is 3. The van der Waals surface area contributed by atoms with Crippen LogP contribution in [0.25, 0.3) is 65.0 Å². The van der Waals surface area contributed by atoms with Crippen LogP contribution in [0.3, 0.4) is 0 Å². The molecule has 57 heavy (non-hydrogen) atoms. The van der Waals surface area contributed by atoms with Crippen LogP contribution in [0.15, 0.2) is 120 Å². The van der Waals surface area contributed by atoms with Crippen LogP contribution in [0, 0.1) is 0 Å². The van der Waals surface area contributed by atoms with Gasteiger partial charge >= 0.3 is 0 Å². The van der Waals surface area contributed by atoms with E-state index in [1.807, 2.05) is 60.7 Å². The Morgan fingerprint density at radius 2 is 1.09 bits per heavy atom. The predicted molar refractivity (Wildman–Crippen MR) is 230 cm³/mol. The van der Waals surface area contributed by atoms with E-state index in [1.54, 1.807) is 17.4 Å². The van der Waals surface area contributed by atoms with Gasteiger partial charge in [-0.05, 0) is 147 Å². The number of allylic oxidation sites excluding steroid dienone is 1. The van der Waals surface area contributed by atoms with E-state index < -0.39 is 11.7 Å². The van der Waals surface area contributed by atoms with Gasteiger partial charge in [-0.2, -0.15) is 0 Å². The van der Waals surface area contributed by atoms with Crippen LogP contribution in [0.2, 0.25) is 0 Å². The maximum Gasteiger partial charge on any atom is 0.197 e. The number of fused-ring (bicyclic) bond motifs is 10. The summed E-state index contributed by atoms with van der Waals surface area (Å²) in [6, 6.07) is 36.4. The summed E-state index contributed by atoms with van der Waals surface area (Å²) in [7, 11) is 0. The topological polar surface area (TPSA) is 80.7 Å². The monoisotopic (exact) mass is 776 g/mol. The molecule has 2 aromatic heterocycles. The molecule has 5 nitrogen and oxygen atoms in total. The minimum atomic E-state index is -1.03. The second-order valence-corrected chi connectivity index (χ2v) is 18.0.